The summed E-state index contributed by atoms with van der Waals surface area (Å²) in [6.45, 7) is 7.85. The normalized spacial score (nSPS) is 20.2. The lowest BCUT2D eigenvalue weighted by atomic mass is 9.99. The first-order valence-corrected chi connectivity index (χ1v) is 9.45. The van der Waals surface area contributed by atoms with E-state index in [-0.39, 0.29) is 29.0 Å². The molecule has 0 saturated heterocycles. The minimum Gasteiger partial charge on any atom is -0.350 e. The Bertz CT molecular complexity index is 1060. The maximum atomic E-state index is 14.5. The van der Waals surface area contributed by atoms with Gasteiger partial charge < -0.3 is 9.55 Å². The highest BCUT2D eigenvalue weighted by atomic mass is 19.1. The van der Waals surface area contributed by atoms with Gasteiger partial charge in [0.1, 0.15) is 5.82 Å². The Kier molecular flexibility index (Phi) is 4.17. The molecule has 3 aromatic rings. The van der Waals surface area contributed by atoms with Gasteiger partial charge in [-0.2, -0.15) is 0 Å². The Labute approximate surface area is 164 Å². The Morgan fingerprint density at radius 2 is 2.04 bits per heavy atom. The zero-order valence-corrected chi connectivity index (χ0v) is 16.8. The van der Waals surface area contributed by atoms with Crippen molar-refractivity contribution >= 4 is 11.9 Å². The third-order valence-electron chi connectivity index (χ3n) is 5.91. The number of hydrogen-bond acceptors (Lipinski definition) is 2. The van der Waals surface area contributed by atoms with E-state index in [2.05, 4.69) is 29.1 Å². The molecule has 2 aromatic heterocycles. The molecule has 1 aliphatic carbocycles. The molecule has 6 heteroatoms. The fourth-order valence-electron chi connectivity index (χ4n) is 4.45. The molecule has 0 radical (unpaired) electrons. The van der Waals surface area contributed by atoms with Crippen LogP contribution >= 0.6 is 0 Å². The average molecular weight is 380 g/mol. The van der Waals surface area contributed by atoms with E-state index in [9.17, 15) is 9.18 Å². The number of aryl methyl sites for hydroxylation is 2. The molecule has 4 rings (SSSR count). The van der Waals surface area contributed by atoms with Crippen LogP contribution in [0.2, 0.25) is 0 Å². The van der Waals surface area contributed by atoms with E-state index in [1.165, 1.54) is 6.92 Å². The van der Waals surface area contributed by atoms with Gasteiger partial charge in [-0.05, 0) is 48.1 Å². The van der Waals surface area contributed by atoms with Crippen LogP contribution in [0.1, 0.15) is 49.6 Å². The zero-order valence-electron chi connectivity index (χ0n) is 16.8. The smallest absolute Gasteiger partial charge is 0.223 e. The molecule has 0 spiro atoms. The molecular weight excluding hydrogens is 355 g/mol. The predicted octanol–water partition coefficient (Wildman–Crippen LogP) is 4.73. The summed E-state index contributed by atoms with van der Waals surface area (Å²) in [5.41, 5.74) is 4.49. The lowest BCUT2D eigenvalue weighted by Crippen LogP contribution is -2.07. The molecule has 2 N–H and O–H groups in total. The van der Waals surface area contributed by atoms with Gasteiger partial charge in [0.05, 0.1) is 11.4 Å². The maximum absolute atomic E-state index is 14.5. The first kappa shape index (κ1) is 18.5. The monoisotopic (exact) mass is 380 g/mol. The van der Waals surface area contributed by atoms with Crippen molar-refractivity contribution in [1.82, 2.24) is 14.5 Å². The van der Waals surface area contributed by atoms with Crippen LogP contribution in [0, 0.1) is 18.2 Å². The van der Waals surface area contributed by atoms with Gasteiger partial charge in [-0.25, -0.2) is 9.37 Å². The second-order valence-electron chi connectivity index (χ2n) is 8.30. The predicted molar refractivity (Wildman–Crippen MR) is 108 cm³/mol. The van der Waals surface area contributed by atoms with Gasteiger partial charge in [-0.15, -0.1) is 0 Å². The molecule has 2 heterocycles. The Balaban J connectivity index is 1.70. The van der Waals surface area contributed by atoms with Gasteiger partial charge >= 0.3 is 0 Å². The van der Waals surface area contributed by atoms with Gasteiger partial charge in [0.2, 0.25) is 11.9 Å². The lowest BCUT2D eigenvalue weighted by Gasteiger charge is -2.09. The van der Waals surface area contributed by atoms with Crippen LogP contribution in [0.4, 0.5) is 10.3 Å². The second kappa shape index (κ2) is 6.33. The molecule has 1 amide bonds. The second-order valence-corrected chi connectivity index (χ2v) is 8.30. The van der Waals surface area contributed by atoms with Crippen molar-refractivity contribution in [2.24, 2.45) is 12.5 Å². The number of amides is 1. The molecule has 2 unspecified atom stereocenters. The summed E-state index contributed by atoms with van der Waals surface area (Å²) in [4.78, 5) is 19.1. The van der Waals surface area contributed by atoms with Crippen molar-refractivity contribution < 1.29 is 9.18 Å². The topological polar surface area (TPSA) is 62.7 Å². The Hall–Kier alpha value is -2.89. The Morgan fingerprint density at radius 1 is 1.29 bits per heavy atom. The van der Waals surface area contributed by atoms with Crippen LogP contribution in [-0.2, 0) is 11.8 Å². The quantitative estimate of drug-likeness (QED) is 0.687. The molecule has 2 atom stereocenters. The standard InChI is InChI=1S/C22H25FN4O/c1-12-20(26-21(24-12)25-13(2)28)19-18(22(19,3)4)14-8-9-16(23)15(11-14)17-7-6-10-27(17)5/h6-11,18-19H,1-5H3,(H2,24,25,26,28). The number of nitrogens with zero attached hydrogens (tertiary/aromatic N) is 2. The fourth-order valence-corrected chi connectivity index (χ4v) is 4.45. The summed E-state index contributed by atoms with van der Waals surface area (Å²) in [7, 11) is 1.92. The molecule has 0 aliphatic heterocycles. The van der Waals surface area contributed by atoms with E-state index in [1.807, 2.05) is 49.0 Å². The van der Waals surface area contributed by atoms with E-state index in [0.717, 1.165) is 22.6 Å². The summed E-state index contributed by atoms with van der Waals surface area (Å²) in [5.74, 6) is 0.546. The number of aromatic amines is 1. The molecular formula is C22H25FN4O. The molecule has 1 fully saturated rings. The third kappa shape index (κ3) is 2.93. The fraction of sp³-hybridized carbons (Fsp3) is 0.364. The molecule has 28 heavy (non-hydrogen) atoms. The van der Waals surface area contributed by atoms with E-state index in [1.54, 1.807) is 6.07 Å². The SMILES string of the molecule is CC(=O)Nc1nc(C2C(c3ccc(F)c(-c4cccn4C)c3)C2(C)C)c(C)[nH]1. The van der Waals surface area contributed by atoms with Crippen molar-refractivity contribution in [3.05, 3.63) is 59.3 Å². The summed E-state index contributed by atoms with van der Waals surface area (Å²) in [5, 5.41) is 2.71. The molecule has 146 valence electrons. The van der Waals surface area contributed by atoms with Gasteiger partial charge in [-0.1, -0.05) is 19.9 Å². The van der Waals surface area contributed by atoms with Gasteiger partial charge in [0, 0.05) is 37.3 Å². The maximum Gasteiger partial charge on any atom is 0.223 e. The highest BCUT2D eigenvalue weighted by molar-refractivity contribution is 5.86. The van der Waals surface area contributed by atoms with E-state index in [0.29, 0.717) is 11.5 Å². The number of carbonyl (C=O) groups excluding carboxylic acids is 1. The van der Waals surface area contributed by atoms with Gasteiger partial charge in [0.15, 0.2) is 0 Å². The van der Waals surface area contributed by atoms with Crippen LogP contribution in [0.25, 0.3) is 11.3 Å². The van der Waals surface area contributed by atoms with Gasteiger partial charge in [0.25, 0.3) is 0 Å². The molecule has 5 nitrogen and oxygen atoms in total. The van der Waals surface area contributed by atoms with Crippen LogP contribution in [0.3, 0.4) is 0 Å². The third-order valence-corrected chi connectivity index (χ3v) is 5.91. The number of carbonyl (C=O) groups is 1. The number of H-pyrrole nitrogens is 1. The highest BCUT2D eigenvalue weighted by Crippen LogP contribution is 2.70. The minimum absolute atomic E-state index is 0.00322. The Morgan fingerprint density at radius 3 is 2.68 bits per heavy atom. The van der Waals surface area contributed by atoms with E-state index >= 15 is 0 Å². The van der Waals surface area contributed by atoms with Crippen molar-refractivity contribution in [3.8, 4) is 11.3 Å². The number of aromatic nitrogens is 3. The average Bonchev–Trinajstić information content (AvgIpc) is 2.89. The van der Waals surface area contributed by atoms with Crippen molar-refractivity contribution in [2.45, 2.75) is 39.5 Å². The van der Waals surface area contributed by atoms with E-state index in [4.69, 9.17) is 0 Å². The van der Waals surface area contributed by atoms with Gasteiger partial charge in [-0.3, -0.25) is 10.1 Å². The number of nitrogens with one attached hydrogen (secondary N) is 2. The zero-order chi connectivity index (χ0) is 20.2. The van der Waals surface area contributed by atoms with Crippen molar-refractivity contribution in [1.29, 1.82) is 0 Å². The highest BCUT2D eigenvalue weighted by Gasteiger charge is 2.60. The first-order valence-electron chi connectivity index (χ1n) is 9.45. The number of imidazole rings is 1. The lowest BCUT2D eigenvalue weighted by molar-refractivity contribution is -0.114. The summed E-state index contributed by atoms with van der Waals surface area (Å²) in [6, 6.07) is 9.25. The molecule has 1 aliphatic rings. The summed E-state index contributed by atoms with van der Waals surface area (Å²) < 4.78 is 16.5. The summed E-state index contributed by atoms with van der Waals surface area (Å²) in [6.07, 6.45) is 1.92. The first-order chi connectivity index (χ1) is 13.2. The molecule has 1 aromatic carbocycles. The molecule has 0 bridgehead atoms. The number of hydrogen-bond donors (Lipinski definition) is 2. The number of rotatable bonds is 4. The largest absolute Gasteiger partial charge is 0.350 e. The minimum atomic E-state index is -0.218. The van der Waals surface area contributed by atoms with Crippen molar-refractivity contribution in [3.63, 3.8) is 0 Å². The van der Waals surface area contributed by atoms with E-state index < -0.39 is 0 Å². The van der Waals surface area contributed by atoms with Crippen molar-refractivity contribution in [2.75, 3.05) is 5.32 Å². The molecule has 1 saturated carbocycles. The summed E-state index contributed by atoms with van der Waals surface area (Å²) >= 11 is 0. The number of anilines is 1. The van der Waals surface area contributed by atoms with Crippen LogP contribution in [-0.4, -0.2) is 20.4 Å². The van der Waals surface area contributed by atoms with Crippen LogP contribution in [0.15, 0.2) is 36.5 Å². The number of benzene rings is 1. The number of halogens is 1. The van der Waals surface area contributed by atoms with Crippen LogP contribution in [0.5, 0.6) is 0 Å². The van der Waals surface area contributed by atoms with Crippen LogP contribution < -0.4 is 5.32 Å².